The van der Waals surface area contributed by atoms with Gasteiger partial charge < -0.3 is 20.4 Å². The number of hydrogen-bond donors (Lipinski definition) is 2. The first-order valence-corrected chi connectivity index (χ1v) is 10.3. The number of nitrogens with zero attached hydrogens (tertiary/aromatic N) is 2. The number of urea groups is 1. The molecule has 2 rings (SSSR count). The maximum absolute atomic E-state index is 13.1. The number of carbonyl (C=O) groups excluding carboxylic acids is 2. The Morgan fingerprint density at radius 1 is 1.07 bits per heavy atom. The molecule has 6 nitrogen and oxygen atoms in total. The third-order valence-corrected chi connectivity index (χ3v) is 5.05. The summed E-state index contributed by atoms with van der Waals surface area (Å²) in [6, 6.07) is 5.46. The summed E-state index contributed by atoms with van der Waals surface area (Å²) in [5, 5.41) is 5.71. The molecule has 1 heterocycles. The van der Waals surface area contributed by atoms with Gasteiger partial charge in [-0.25, -0.2) is 4.79 Å². The average molecular weight is 375 g/mol. The van der Waals surface area contributed by atoms with Gasteiger partial charge in [0.15, 0.2) is 0 Å². The Bertz CT molecular complexity index is 623. The van der Waals surface area contributed by atoms with Crippen LogP contribution in [0.5, 0.6) is 0 Å². The zero-order valence-corrected chi connectivity index (χ0v) is 17.0. The fourth-order valence-corrected chi connectivity index (χ4v) is 3.43. The molecule has 0 atom stereocenters. The number of amides is 3. The van der Waals surface area contributed by atoms with Crippen LogP contribution in [0.25, 0.3) is 0 Å². The van der Waals surface area contributed by atoms with Gasteiger partial charge in [-0.3, -0.25) is 4.79 Å². The normalized spacial score (nSPS) is 14.0. The van der Waals surface area contributed by atoms with E-state index in [2.05, 4.69) is 22.5 Å². The van der Waals surface area contributed by atoms with Crippen molar-refractivity contribution < 1.29 is 9.59 Å². The van der Waals surface area contributed by atoms with E-state index >= 15 is 0 Å². The fraction of sp³-hybridized carbons (Fsp3) is 0.619. The molecule has 0 saturated carbocycles. The van der Waals surface area contributed by atoms with Crippen LogP contribution in [0.2, 0.25) is 0 Å². The van der Waals surface area contributed by atoms with Gasteiger partial charge in [-0.05, 0) is 57.7 Å². The number of nitrogens with one attached hydrogen (secondary N) is 2. The van der Waals surface area contributed by atoms with Gasteiger partial charge in [0, 0.05) is 44.1 Å². The van der Waals surface area contributed by atoms with Crippen molar-refractivity contribution in [1.82, 2.24) is 10.2 Å². The van der Waals surface area contributed by atoms with Gasteiger partial charge in [-0.15, -0.1) is 0 Å². The van der Waals surface area contributed by atoms with E-state index in [0.717, 1.165) is 44.5 Å². The van der Waals surface area contributed by atoms with E-state index < -0.39 is 0 Å². The van der Waals surface area contributed by atoms with Crippen molar-refractivity contribution in [2.75, 3.05) is 42.9 Å². The molecule has 0 aromatic heterocycles. The molecule has 1 fully saturated rings. The number of rotatable bonds is 8. The highest BCUT2D eigenvalue weighted by Crippen LogP contribution is 2.28. The Labute approximate surface area is 163 Å². The molecule has 27 heavy (non-hydrogen) atoms. The lowest BCUT2D eigenvalue weighted by Gasteiger charge is -2.31. The lowest BCUT2D eigenvalue weighted by molar-refractivity contribution is 0.0773. The molecular formula is C21H34N4O2. The van der Waals surface area contributed by atoms with Gasteiger partial charge in [-0.1, -0.05) is 13.3 Å². The molecule has 0 radical (unpaired) electrons. The zero-order valence-electron chi connectivity index (χ0n) is 17.0. The van der Waals surface area contributed by atoms with Crippen molar-refractivity contribution in [2.24, 2.45) is 0 Å². The number of hydrogen-bond acceptors (Lipinski definition) is 3. The molecule has 1 aliphatic heterocycles. The van der Waals surface area contributed by atoms with Gasteiger partial charge in [0.05, 0.1) is 5.56 Å². The third-order valence-electron chi connectivity index (χ3n) is 5.05. The molecule has 3 amide bonds. The molecule has 6 heteroatoms. The van der Waals surface area contributed by atoms with Crippen LogP contribution in [0, 0.1) is 0 Å². The highest BCUT2D eigenvalue weighted by molar-refractivity contribution is 6.02. The molecule has 0 spiro atoms. The molecule has 1 aliphatic rings. The fourth-order valence-electron chi connectivity index (χ4n) is 3.43. The van der Waals surface area contributed by atoms with Crippen molar-refractivity contribution >= 4 is 23.3 Å². The highest BCUT2D eigenvalue weighted by Gasteiger charge is 2.22. The molecule has 1 aromatic carbocycles. The van der Waals surface area contributed by atoms with Crippen LogP contribution in [0.3, 0.4) is 0 Å². The molecule has 0 unspecified atom stereocenters. The lowest BCUT2D eigenvalue weighted by Crippen LogP contribution is -2.35. The summed E-state index contributed by atoms with van der Waals surface area (Å²) in [5.74, 6) is 0.0237. The Kier molecular flexibility index (Phi) is 8.43. The van der Waals surface area contributed by atoms with Crippen LogP contribution in [-0.2, 0) is 0 Å². The van der Waals surface area contributed by atoms with E-state index in [9.17, 15) is 9.59 Å². The minimum atomic E-state index is -0.226. The van der Waals surface area contributed by atoms with E-state index in [0.29, 0.717) is 30.9 Å². The number of carbonyl (C=O) groups is 2. The van der Waals surface area contributed by atoms with Gasteiger partial charge in [0.25, 0.3) is 5.91 Å². The van der Waals surface area contributed by atoms with Crippen molar-refractivity contribution in [2.45, 2.75) is 52.9 Å². The summed E-state index contributed by atoms with van der Waals surface area (Å²) in [7, 11) is 0. The third kappa shape index (κ3) is 5.88. The van der Waals surface area contributed by atoms with E-state index in [1.54, 1.807) is 0 Å². The molecule has 0 bridgehead atoms. The molecule has 0 aliphatic carbocycles. The van der Waals surface area contributed by atoms with Crippen molar-refractivity contribution in [3.05, 3.63) is 23.8 Å². The van der Waals surface area contributed by atoms with Crippen LogP contribution >= 0.6 is 0 Å². The van der Waals surface area contributed by atoms with Gasteiger partial charge in [0.2, 0.25) is 0 Å². The summed E-state index contributed by atoms with van der Waals surface area (Å²) in [4.78, 5) is 29.3. The second-order valence-electron chi connectivity index (χ2n) is 6.99. The predicted molar refractivity (Wildman–Crippen MR) is 112 cm³/mol. The maximum atomic E-state index is 13.1. The van der Waals surface area contributed by atoms with E-state index in [1.807, 2.05) is 36.9 Å². The summed E-state index contributed by atoms with van der Waals surface area (Å²) in [6.07, 6.45) is 5.53. The molecule has 1 aromatic rings. The van der Waals surface area contributed by atoms with Gasteiger partial charge in [-0.2, -0.15) is 0 Å². The van der Waals surface area contributed by atoms with Crippen LogP contribution in [0.4, 0.5) is 16.2 Å². The number of anilines is 2. The summed E-state index contributed by atoms with van der Waals surface area (Å²) < 4.78 is 0. The topological polar surface area (TPSA) is 64.7 Å². The largest absolute Gasteiger partial charge is 0.371 e. The second-order valence-corrected chi connectivity index (χ2v) is 6.99. The summed E-state index contributed by atoms with van der Waals surface area (Å²) in [5.41, 5.74) is 2.30. The first-order chi connectivity index (χ1) is 13.1. The lowest BCUT2D eigenvalue weighted by atomic mass is 10.1. The van der Waals surface area contributed by atoms with Crippen molar-refractivity contribution in [3.63, 3.8) is 0 Å². The maximum Gasteiger partial charge on any atom is 0.319 e. The number of unbranched alkanes of at least 4 members (excludes halogenated alkanes) is 1. The Hall–Kier alpha value is -2.24. The summed E-state index contributed by atoms with van der Waals surface area (Å²) in [6.45, 7) is 10.0. The highest BCUT2D eigenvalue weighted by atomic mass is 16.2. The van der Waals surface area contributed by atoms with Crippen molar-refractivity contribution in [1.29, 1.82) is 0 Å². The number of piperidine rings is 1. The average Bonchev–Trinajstić information content (AvgIpc) is 2.69. The van der Waals surface area contributed by atoms with Crippen LogP contribution in [0.1, 0.15) is 63.2 Å². The van der Waals surface area contributed by atoms with E-state index in [4.69, 9.17) is 0 Å². The van der Waals surface area contributed by atoms with Gasteiger partial charge in [0.1, 0.15) is 0 Å². The Morgan fingerprint density at radius 3 is 2.41 bits per heavy atom. The molecular weight excluding hydrogens is 340 g/mol. The van der Waals surface area contributed by atoms with Crippen molar-refractivity contribution in [3.8, 4) is 0 Å². The van der Waals surface area contributed by atoms with Crippen LogP contribution < -0.4 is 15.5 Å². The Balaban J connectivity index is 2.24. The molecule has 1 saturated heterocycles. The van der Waals surface area contributed by atoms with E-state index in [-0.39, 0.29) is 11.9 Å². The number of benzene rings is 1. The van der Waals surface area contributed by atoms with Crippen LogP contribution in [-0.4, -0.2) is 49.6 Å². The minimum absolute atomic E-state index is 0.0237. The predicted octanol–water partition coefficient (Wildman–Crippen LogP) is 4.08. The minimum Gasteiger partial charge on any atom is -0.371 e. The quantitative estimate of drug-likeness (QED) is 0.674. The SMILES string of the molecule is CCCCNC(=O)Nc1ccc(N2CCCCC2)c(C(=O)N(CC)CC)c1. The second kappa shape index (κ2) is 10.8. The van der Waals surface area contributed by atoms with Gasteiger partial charge >= 0.3 is 6.03 Å². The zero-order chi connectivity index (χ0) is 19.6. The Morgan fingerprint density at radius 2 is 1.78 bits per heavy atom. The standard InChI is InChI=1S/C21H34N4O2/c1-4-7-13-22-21(27)23-17-11-12-19(25-14-9-8-10-15-25)18(16-17)20(26)24(5-2)6-3/h11-12,16H,4-10,13-15H2,1-3H3,(H2,22,23,27). The van der Waals surface area contributed by atoms with Crippen LogP contribution in [0.15, 0.2) is 18.2 Å². The monoisotopic (exact) mass is 374 g/mol. The van der Waals surface area contributed by atoms with E-state index in [1.165, 1.54) is 6.42 Å². The first kappa shape index (κ1) is 21.1. The molecule has 150 valence electrons. The first-order valence-electron chi connectivity index (χ1n) is 10.3. The molecule has 2 N–H and O–H groups in total. The smallest absolute Gasteiger partial charge is 0.319 e. The summed E-state index contributed by atoms with van der Waals surface area (Å²) >= 11 is 0.